The summed E-state index contributed by atoms with van der Waals surface area (Å²) in [5, 5.41) is 5.95. The first kappa shape index (κ1) is 17.5. The molecule has 1 heterocycles. The Morgan fingerprint density at radius 3 is 2.30 bits per heavy atom. The molecule has 0 radical (unpaired) electrons. The molecule has 0 fully saturated rings. The SMILES string of the molecule is NCCCn1cc[n+](CC(O)(P(=O)([O-])O)P(=O)([O-])O)c1. The molecular weight excluding hydrogens is 312 g/mol. The van der Waals surface area contributed by atoms with Gasteiger partial charge in [-0.15, -0.1) is 0 Å². The van der Waals surface area contributed by atoms with Crippen molar-refractivity contribution in [3.8, 4) is 0 Å². The largest absolute Gasteiger partial charge is 0.776 e. The lowest BCUT2D eigenvalue weighted by molar-refractivity contribution is -0.703. The fraction of sp³-hybridized carbons (Fsp3) is 0.625. The van der Waals surface area contributed by atoms with Gasteiger partial charge in [0.25, 0.3) is 0 Å². The van der Waals surface area contributed by atoms with E-state index in [9.17, 15) is 24.0 Å². The molecule has 1 rings (SSSR count). The number of imidazole rings is 1. The lowest BCUT2D eigenvalue weighted by atomic mass is 10.4. The average Bonchev–Trinajstić information content (AvgIpc) is 2.71. The van der Waals surface area contributed by atoms with Crippen LogP contribution in [-0.4, -0.2) is 31.1 Å². The fourth-order valence-corrected chi connectivity index (χ4v) is 3.48. The Kier molecular flexibility index (Phi) is 5.29. The Morgan fingerprint density at radius 1 is 1.30 bits per heavy atom. The molecule has 2 atom stereocenters. The molecule has 10 nitrogen and oxygen atoms in total. The summed E-state index contributed by atoms with van der Waals surface area (Å²) in [6.07, 6.45) is 4.73. The van der Waals surface area contributed by atoms with Crippen LogP contribution in [0.2, 0.25) is 0 Å². The van der Waals surface area contributed by atoms with Crippen molar-refractivity contribution in [2.45, 2.75) is 24.6 Å². The molecule has 116 valence electrons. The minimum atomic E-state index is -5.76. The smallest absolute Gasteiger partial charge is 0.243 e. The third-order valence-corrected chi connectivity index (χ3v) is 6.28. The molecular formula is C8H16N3O7P2-. The van der Waals surface area contributed by atoms with Gasteiger partial charge in [0.05, 0.1) is 6.54 Å². The second-order valence-corrected chi connectivity index (χ2v) is 8.20. The number of nitrogens with two attached hydrogens (primary N) is 1. The third kappa shape index (κ3) is 3.75. The molecule has 1 aromatic rings. The monoisotopic (exact) mass is 328 g/mol. The molecule has 0 amide bonds. The molecule has 5 N–H and O–H groups in total. The van der Waals surface area contributed by atoms with Crippen LogP contribution in [0.4, 0.5) is 0 Å². The zero-order valence-corrected chi connectivity index (χ0v) is 12.2. The van der Waals surface area contributed by atoms with Gasteiger partial charge < -0.3 is 39.5 Å². The van der Waals surface area contributed by atoms with E-state index in [4.69, 9.17) is 15.5 Å². The molecule has 0 bridgehead atoms. The first-order valence-corrected chi connectivity index (χ1v) is 8.72. The molecule has 0 aliphatic carbocycles. The highest BCUT2D eigenvalue weighted by Crippen LogP contribution is 2.63. The van der Waals surface area contributed by atoms with E-state index < -0.39 is 26.8 Å². The van der Waals surface area contributed by atoms with Crippen LogP contribution < -0.4 is 20.1 Å². The molecule has 1 aromatic heterocycles. The van der Waals surface area contributed by atoms with Crippen molar-refractivity contribution in [3.05, 3.63) is 18.7 Å². The maximum atomic E-state index is 11.0. The van der Waals surface area contributed by atoms with Gasteiger partial charge in [0, 0.05) is 0 Å². The van der Waals surface area contributed by atoms with Gasteiger partial charge in [-0.25, -0.2) is 9.13 Å². The molecule has 20 heavy (non-hydrogen) atoms. The summed E-state index contributed by atoms with van der Waals surface area (Å²) in [6.45, 7) is -0.123. The summed E-state index contributed by atoms with van der Waals surface area (Å²) in [4.78, 5) is 39.8. The summed E-state index contributed by atoms with van der Waals surface area (Å²) in [5.41, 5.74) is 5.32. The minimum Gasteiger partial charge on any atom is -0.776 e. The van der Waals surface area contributed by atoms with Gasteiger partial charge in [0.1, 0.15) is 18.9 Å². The molecule has 0 aliphatic heterocycles. The van der Waals surface area contributed by atoms with Crippen molar-refractivity contribution in [3.63, 3.8) is 0 Å². The van der Waals surface area contributed by atoms with Gasteiger partial charge in [-0.3, -0.25) is 0 Å². The van der Waals surface area contributed by atoms with Crippen molar-refractivity contribution in [2.75, 3.05) is 6.54 Å². The summed E-state index contributed by atoms with van der Waals surface area (Å²) in [6, 6.07) is 0. The van der Waals surface area contributed by atoms with Crippen LogP contribution >= 0.6 is 15.2 Å². The van der Waals surface area contributed by atoms with Crippen molar-refractivity contribution in [1.82, 2.24) is 4.57 Å². The molecule has 0 spiro atoms. The lowest BCUT2D eigenvalue weighted by Crippen LogP contribution is -2.50. The fourth-order valence-electron chi connectivity index (χ4n) is 1.52. The lowest BCUT2D eigenvalue weighted by Gasteiger charge is -2.40. The van der Waals surface area contributed by atoms with Gasteiger partial charge in [0.2, 0.25) is 11.4 Å². The van der Waals surface area contributed by atoms with Crippen molar-refractivity contribution >= 4 is 15.2 Å². The first-order chi connectivity index (χ1) is 9.01. The zero-order valence-electron chi connectivity index (χ0n) is 10.4. The zero-order chi connectivity index (χ0) is 15.6. The van der Waals surface area contributed by atoms with Crippen LogP contribution in [0.1, 0.15) is 6.42 Å². The molecule has 0 aromatic carbocycles. The van der Waals surface area contributed by atoms with Gasteiger partial charge in [-0.1, -0.05) is 0 Å². The van der Waals surface area contributed by atoms with Gasteiger partial charge in [-0.05, 0) is 13.0 Å². The summed E-state index contributed by atoms with van der Waals surface area (Å²) >= 11 is 0. The molecule has 0 aliphatic rings. The van der Waals surface area contributed by atoms with E-state index in [0.29, 0.717) is 19.5 Å². The Bertz CT molecular complexity index is 526. The minimum absolute atomic E-state index is 0.431. The summed E-state index contributed by atoms with van der Waals surface area (Å²) in [7, 11) is -11.5. The topological polar surface area (TPSA) is 176 Å². The number of aryl methyl sites for hydroxylation is 1. The predicted octanol–water partition coefficient (Wildman–Crippen LogP) is -3.14. The summed E-state index contributed by atoms with van der Waals surface area (Å²) in [5.74, 6) is 0. The van der Waals surface area contributed by atoms with E-state index >= 15 is 0 Å². The van der Waals surface area contributed by atoms with E-state index in [1.165, 1.54) is 18.7 Å². The van der Waals surface area contributed by atoms with Crippen LogP contribution in [0.25, 0.3) is 0 Å². The highest BCUT2D eigenvalue weighted by molar-refractivity contribution is 7.70. The van der Waals surface area contributed by atoms with E-state index in [2.05, 4.69) is 0 Å². The Hall–Kier alpha value is -0.570. The number of nitrogens with zero attached hydrogens (tertiary/aromatic N) is 2. The van der Waals surface area contributed by atoms with Crippen molar-refractivity contribution in [1.29, 1.82) is 0 Å². The molecule has 0 saturated carbocycles. The molecule has 2 unspecified atom stereocenters. The predicted molar refractivity (Wildman–Crippen MR) is 62.9 cm³/mol. The number of aliphatic hydroxyl groups is 1. The van der Waals surface area contributed by atoms with Crippen molar-refractivity contribution in [2.24, 2.45) is 5.73 Å². The number of rotatable bonds is 7. The van der Waals surface area contributed by atoms with Crippen LogP contribution in [0.5, 0.6) is 0 Å². The maximum Gasteiger partial charge on any atom is 0.243 e. The standard InChI is InChI=1S/C8H17N3O7P2/c9-2-1-3-10-4-5-11(7-10)6-8(12,19(13,14)15)20(16,17)18/h4-5,7,12H,1-3,6,9H2,(H3-,13,14,15,16,17,18)/p-1. The molecule has 12 heteroatoms. The van der Waals surface area contributed by atoms with E-state index in [1.807, 2.05) is 0 Å². The second-order valence-electron chi connectivity index (χ2n) is 4.28. The maximum absolute atomic E-state index is 11.0. The normalized spacial score (nSPS) is 20.9. The van der Waals surface area contributed by atoms with E-state index in [0.717, 1.165) is 4.57 Å². The quantitative estimate of drug-likeness (QED) is 0.300. The average molecular weight is 328 g/mol. The van der Waals surface area contributed by atoms with Crippen molar-refractivity contribution < 1.29 is 38.4 Å². The summed E-state index contributed by atoms with van der Waals surface area (Å²) < 4.78 is 24.7. The first-order valence-electron chi connectivity index (χ1n) is 5.56. The highest BCUT2D eigenvalue weighted by Gasteiger charge is 2.49. The number of aromatic nitrogens is 2. The van der Waals surface area contributed by atoms with Gasteiger partial charge in [0.15, 0.2) is 15.2 Å². The van der Waals surface area contributed by atoms with Crippen LogP contribution in [0.15, 0.2) is 18.7 Å². The van der Waals surface area contributed by atoms with E-state index in [-0.39, 0.29) is 0 Å². The number of hydrogen-bond acceptors (Lipinski definition) is 6. The Labute approximate surface area is 114 Å². The second kappa shape index (κ2) is 6.05. The Morgan fingerprint density at radius 2 is 1.85 bits per heavy atom. The van der Waals surface area contributed by atoms with Crippen LogP contribution in [0.3, 0.4) is 0 Å². The van der Waals surface area contributed by atoms with Crippen LogP contribution in [-0.2, 0) is 22.2 Å². The third-order valence-electron chi connectivity index (χ3n) is 2.67. The molecule has 0 saturated heterocycles. The van der Waals surface area contributed by atoms with Gasteiger partial charge >= 0.3 is 0 Å². The number of hydrogen-bond donors (Lipinski definition) is 4. The highest BCUT2D eigenvalue weighted by atomic mass is 31.2. The Balaban J connectivity index is 3.01. The van der Waals surface area contributed by atoms with Crippen LogP contribution in [0, 0.1) is 0 Å². The van der Waals surface area contributed by atoms with Gasteiger partial charge in [-0.2, -0.15) is 0 Å². The van der Waals surface area contributed by atoms with E-state index in [1.54, 1.807) is 4.57 Å².